The van der Waals surface area contributed by atoms with Crippen LogP contribution in [0, 0.1) is 19.7 Å². The first-order valence-electron chi connectivity index (χ1n) is 6.99. The predicted octanol–water partition coefficient (Wildman–Crippen LogP) is 3.89. The van der Waals surface area contributed by atoms with E-state index in [4.69, 9.17) is 0 Å². The van der Waals surface area contributed by atoms with Crippen molar-refractivity contribution in [3.8, 4) is 0 Å². The molecule has 0 amide bonds. The van der Waals surface area contributed by atoms with E-state index in [2.05, 4.69) is 31.4 Å². The molecular weight excluding hydrogens is 333 g/mol. The lowest BCUT2D eigenvalue weighted by Crippen LogP contribution is -2.24. The van der Waals surface area contributed by atoms with Crippen LogP contribution in [0.2, 0.25) is 0 Å². The van der Waals surface area contributed by atoms with Gasteiger partial charge in [-0.05, 0) is 56.1 Å². The number of nitrogens with one attached hydrogen (secondary N) is 1. The quantitative estimate of drug-likeness (QED) is 0.887. The molecule has 0 fully saturated rings. The van der Waals surface area contributed by atoms with Crippen LogP contribution in [0.1, 0.15) is 35.5 Å². The van der Waals surface area contributed by atoms with Gasteiger partial charge in [-0.15, -0.1) is 0 Å². The van der Waals surface area contributed by atoms with Gasteiger partial charge in [0.15, 0.2) is 0 Å². The third-order valence-corrected chi connectivity index (χ3v) is 3.90. The summed E-state index contributed by atoms with van der Waals surface area (Å²) in [6.07, 6.45) is 0.582. The second-order valence-electron chi connectivity index (χ2n) is 5.08. The highest BCUT2D eigenvalue weighted by Gasteiger charge is 2.17. The molecule has 5 heteroatoms. The maximum absolute atomic E-state index is 14.1. The zero-order chi connectivity index (χ0) is 15.4. The monoisotopic (exact) mass is 351 g/mol. The van der Waals surface area contributed by atoms with Gasteiger partial charge in [-0.3, -0.25) is 0 Å². The molecule has 3 nitrogen and oxygen atoms in total. The molecule has 0 aliphatic carbocycles. The van der Waals surface area contributed by atoms with Crippen molar-refractivity contribution in [3.05, 3.63) is 57.1 Å². The Labute approximate surface area is 133 Å². The Bertz CT molecular complexity index is 631. The van der Waals surface area contributed by atoms with Crippen LogP contribution in [0.15, 0.2) is 28.7 Å². The summed E-state index contributed by atoms with van der Waals surface area (Å²) in [6, 6.07) is 7.23. The Morgan fingerprint density at radius 2 is 2.00 bits per heavy atom. The fourth-order valence-corrected chi connectivity index (χ4v) is 2.70. The van der Waals surface area contributed by atoms with Crippen LogP contribution >= 0.6 is 15.9 Å². The predicted molar refractivity (Wildman–Crippen MR) is 85.7 cm³/mol. The van der Waals surface area contributed by atoms with Gasteiger partial charge >= 0.3 is 0 Å². The molecule has 1 aromatic carbocycles. The number of aryl methyl sites for hydroxylation is 2. The van der Waals surface area contributed by atoms with Crippen molar-refractivity contribution in [1.29, 1.82) is 0 Å². The Hall–Kier alpha value is -1.33. The van der Waals surface area contributed by atoms with E-state index in [0.717, 1.165) is 28.0 Å². The van der Waals surface area contributed by atoms with Gasteiger partial charge in [0.1, 0.15) is 5.82 Å². The lowest BCUT2D eigenvalue weighted by Gasteiger charge is -2.20. The summed E-state index contributed by atoms with van der Waals surface area (Å²) >= 11 is 3.29. The summed E-state index contributed by atoms with van der Waals surface area (Å²) in [5.74, 6) is -0.191. The summed E-state index contributed by atoms with van der Waals surface area (Å²) in [6.45, 7) is 6.70. The molecule has 2 rings (SSSR count). The fourth-order valence-electron chi connectivity index (χ4n) is 2.37. The van der Waals surface area contributed by atoms with E-state index in [0.29, 0.717) is 12.0 Å². The van der Waals surface area contributed by atoms with Crippen LogP contribution in [-0.2, 0) is 6.42 Å². The molecule has 1 aromatic heterocycles. The van der Waals surface area contributed by atoms with Gasteiger partial charge in [0.25, 0.3) is 0 Å². The van der Waals surface area contributed by atoms with Gasteiger partial charge < -0.3 is 5.32 Å². The topological polar surface area (TPSA) is 37.8 Å². The van der Waals surface area contributed by atoms with Gasteiger partial charge in [0, 0.05) is 10.5 Å². The third-order valence-electron chi connectivity index (χ3n) is 3.40. The van der Waals surface area contributed by atoms with Crippen molar-refractivity contribution in [2.75, 3.05) is 6.54 Å². The SMILES string of the molecule is CCNC(Cc1ccc(Br)cc1F)c1cc(C)nnc1C. The van der Waals surface area contributed by atoms with Crippen molar-refractivity contribution in [2.45, 2.75) is 33.2 Å². The molecule has 2 aromatic rings. The van der Waals surface area contributed by atoms with E-state index in [1.807, 2.05) is 39.0 Å². The molecule has 0 bridgehead atoms. The normalized spacial score (nSPS) is 12.4. The molecule has 0 radical (unpaired) electrons. The first-order valence-corrected chi connectivity index (χ1v) is 7.78. The number of aromatic nitrogens is 2. The number of rotatable bonds is 5. The minimum Gasteiger partial charge on any atom is -0.310 e. The van der Waals surface area contributed by atoms with Gasteiger partial charge in [-0.2, -0.15) is 10.2 Å². The largest absolute Gasteiger partial charge is 0.310 e. The summed E-state index contributed by atoms with van der Waals surface area (Å²) in [5, 5.41) is 11.6. The van der Waals surface area contributed by atoms with Crippen molar-refractivity contribution in [3.63, 3.8) is 0 Å². The number of nitrogens with zero attached hydrogens (tertiary/aromatic N) is 2. The summed E-state index contributed by atoms with van der Waals surface area (Å²) < 4.78 is 14.8. The molecule has 1 heterocycles. The molecule has 0 aliphatic heterocycles. The Morgan fingerprint density at radius 1 is 1.24 bits per heavy atom. The molecule has 1 unspecified atom stereocenters. The van der Waals surface area contributed by atoms with Crippen molar-refractivity contribution in [1.82, 2.24) is 15.5 Å². The smallest absolute Gasteiger partial charge is 0.127 e. The van der Waals surface area contributed by atoms with Crippen molar-refractivity contribution >= 4 is 15.9 Å². The van der Waals surface area contributed by atoms with Crippen LogP contribution in [0.5, 0.6) is 0 Å². The second-order valence-corrected chi connectivity index (χ2v) is 5.99. The molecule has 0 spiro atoms. The Balaban J connectivity index is 2.32. The minimum absolute atomic E-state index is 0.0277. The van der Waals surface area contributed by atoms with E-state index in [1.54, 1.807) is 0 Å². The average molecular weight is 352 g/mol. The van der Waals surface area contributed by atoms with Gasteiger partial charge in [-0.1, -0.05) is 28.9 Å². The summed E-state index contributed by atoms with van der Waals surface area (Å²) in [7, 11) is 0. The van der Waals surface area contributed by atoms with Gasteiger partial charge in [0.2, 0.25) is 0 Å². The maximum atomic E-state index is 14.1. The van der Waals surface area contributed by atoms with Crippen LogP contribution in [-0.4, -0.2) is 16.7 Å². The fraction of sp³-hybridized carbons (Fsp3) is 0.375. The third kappa shape index (κ3) is 4.08. The number of hydrogen-bond acceptors (Lipinski definition) is 3. The maximum Gasteiger partial charge on any atom is 0.127 e. The Morgan fingerprint density at radius 3 is 2.67 bits per heavy atom. The van der Waals surface area contributed by atoms with Crippen molar-refractivity contribution in [2.24, 2.45) is 0 Å². The summed E-state index contributed by atoms with van der Waals surface area (Å²) in [4.78, 5) is 0. The molecule has 21 heavy (non-hydrogen) atoms. The minimum atomic E-state index is -0.191. The molecule has 1 atom stereocenters. The highest BCUT2D eigenvalue weighted by molar-refractivity contribution is 9.10. The van der Waals surface area contributed by atoms with E-state index in [9.17, 15) is 4.39 Å². The van der Waals surface area contributed by atoms with Crippen LogP contribution in [0.25, 0.3) is 0 Å². The van der Waals surface area contributed by atoms with Crippen LogP contribution < -0.4 is 5.32 Å². The molecule has 1 N–H and O–H groups in total. The number of benzene rings is 1. The lowest BCUT2D eigenvalue weighted by molar-refractivity contribution is 0.522. The van der Waals surface area contributed by atoms with Gasteiger partial charge in [0.05, 0.1) is 11.4 Å². The zero-order valence-corrected chi connectivity index (χ0v) is 14.0. The van der Waals surface area contributed by atoms with E-state index in [-0.39, 0.29) is 11.9 Å². The van der Waals surface area contributed by atoms with E-state index >= 15 is 0 Å². The van der Waals surface area contributed by atoms with Gasteiger partial charge in [-0.25, -0.2) is 4.39 Å². The van der Waals surface area contributed by atoms with E-state index < -0.39 is 0 Å². The molecule has 0 aliphatic rings. The molecule has 112 valence electrons. The first kappa shape index (κ1) is 16.0. The number of hydrogen-bond donors (Lipinski definition) is 1. The van der Waals surface area contributed by atoms with E-state index in [1.165, 1.54) is 6.07 Å². The lowest BCUT2D eigenvalue weighted by atomic mass is 9.97. The second kappa shape index (κ2) is 7.09. The first-order chi connectivity index (χ1) is 10.0. The zero-order valence-electron chi connectivity index (χ0n) is 12.5. The Kier molecular flexibility index (Phi) is 5.42. The van der Waals surface area contributed by atoms with Crippen LogP contribution in [0.4, 0.5) is 4.39 Å². The average Bonchev–Trinajstić information content (AvgIpc) is 2.44. The highest BCUT2D eigenvalue weighted by Crippen LogP contribution is 2.24. The standard InChI is InChI=1S/C16H19BrFN3/c1-4-19-16(14-7-10(2)20-21-11(14)3)8-12-5-6-13(17)9-15(12)18/h5-7,9,16,19H,4,8H2,1-3H3. The molecule has 0 saturated carbocycles. The number of halogens is 2. The highest BCUT2D eigenvalue weighted by atomic mass is 79.9. The summed E-state index contributed by atoms with van der Waals surface area (Å²) in [5.41, 5.74) is 3.52. The van der Waals surface area contributed by atoms with Crippen molar-refractivity contribution < 1.29 is 4.39 Å². The van der Waals surface area contributed by atoms with Crippen LogP contribution in [0.3, 0.4) is 0 Å². The molecular formula is C16H19BrFN3. The number of likely N-dealkylation sites (N-methyl/N-ethyl adjacent to an activating group) is 1. The molecule has 0 saturated heterocycles.